The van der Waals surface area contributed by atoms with E-state index in [-0.39, 0.29) is 28.4 Å². The normalized spacial score (nSPS) is 21.1. The quantitative estimate of drug-likeness (QED) is 0.548. The van der Waals surface area contributed by atoms with E-state index in [4.69, 9.17) is 11.6 Å². The Morgan fingerprint density at radius 1 is 1.24 bits per heavy atom. The largest absolute Gasteiger partial charge is 0.350 e. The fourth-order valence-electron chi connectivity index (χ4n) is 4.72. The molecule has 1 aromatic heterocycles. The van der Waals surface area contributed by atoms with Crippen molar-refractivity contribution in [3.63, 3.8) is 0 Å². The highest BCUT2D eigenvalue weighted by molar-refractivity contribution is 7.15. The number of benzene rings is 2. The van der Waals surface area contributed by atoms with Crippen LogP contribution in [-0.2, 0) is 0 Å². The van der Waals surface area contributed by atoms with Gasteiger partial charge >= 0.3 is 0 Å². The van der Waals surface area contributed by atoms with E-state index in [1.54, 1.807) is 0 Å². The first-order valence-electron chi connectivity index (χ1n) is 10.9. The summed E-state index contributed by atoms with van der Waals surface area (Å²) < 4.78 is 13.3. The van der Waals surface area contributed by atoms with Gasteiger partial charge in [-0.2, -0.15) is 0 Å². The first kappa shape index (κ1) is 22.0. The Morgan fingerprint density at radius 2 is 2.06 bits per heavy atom. The zero-order chi connectivity index (χ0) is 23.3. The highest BCUT2D eigenvalue weighted by Crippen LogP contribution is 2.50. The summed E-state index contributed by atoms with van der Waals surface area (Å²) in [6.45, 7) is 4.93. The Hall–Kier alpha value is -2.77. The summed E-state index contributed by atoms with van der Waals surface area (Å²) in [6, 6.07) is 11.7. The molecule has 3 aromatic rings. The van der Waals surface area contributed by atoms with Crippen LogP contribution >= 0.6 is 22.9 Å². The third kappa shape index (κ3) is 4.27. The molecule has 1 N–H and O–H groups in total. The van der Waals surface area contributed by atoms with Gasteiger partial charge in [-0.15, -0.1) is 11.3 Å². The lowest BCUT2D eigenvalue weighted by atomic mass is 10.1. The molecule has 8 heteroatoms. The molecule has 1 saturated carbocycles. The number of rotatable bonds is 5. The molecule has 5 nitrogen and oxygen atoms in total. The molecule has 2 fully saturated rings. The number of thiazole rings is 1. The average Bonchev–Trinajstić information content (AvgIpc) is 3.28. The molecule has 0 radical (unpaired) electrons. The van der Waals surface area contributed by atoms with Crippen molar-refractivity contribution in [1.82, 2.24) is 15.2 Å². The standard InChI is InChI=1S/C25H23ClFN3O2S/c1-13-4-3-5-15(8-13)23-22(29-14(2)33-23)25(32)30-12-16-9-19(16)21(30)11-28-24(31)18-7-6-17(27)10-20(18)26/h3-8,10,16,19,21H,9,11-12H2,1-2H3,(H,28,31). The van der Waals surface area contributed by atoms with Gasteiger partial charge in [0, 0.05) is 13.1 Å². The van der Waals surface area contributed by atoms with E-state index in [2.05, 4.69) is 16.4 Å². The SMILES string of the molecule is Cc1cccc(-c2sc(C)nc2C(=O)N2CC3CC3C2CNC(=O)c2ccc(F)cc2Cl)c1. The van der Waals surface area contributed by atoms with Crippen molar-refractivity contribution in [2.24, 2.45) is 11.8 Å². The van der Waals surface area contributed by atoms with E-state index in [9.17, 15) is 14.0 Å². The van der Waals surface area contributed by atoms with Crippen molar-refractivity contribution < 1.29 is 14.0 Å². The molecule has 3 unspecified atom stereocenters. The predicted octanol–water partition coefficient (Wildman–Crippen LogP) is 5.11. The summed E-state index contributed by atoms with van der Waals surface area (Å²) in [6.07, 6.45) is 1.06. The highest BCUT2D eigenvalue weighted by Gasteiger charge is 2.54. The molecule has 0 bridgehead atoms. The number of likely N-dealkylation sites (tertiary alicyclic amines) is 1. The van der Waals surface area contributed by atoms with E-state index in [0.29, 0.717) is 30.6 Å². The van der Waals surface area contributed by atoms with Gasteiger partial charge in [0.1, 0.15) is 11.5 Å². The van der Waals surface area contributed by atoms with E-state index >= 15 is 0 Å². The minimum Gasteiger partial charge on any atom is -0.350 e. The second kappa shape index (κ2) is 8.54. The number of aromatic nitrogens is 1. The van der Waals surface area contributed by atoms with Crippen LogP contribution in [0.25, 0.3) is 10.4 Å². The highest BCUT2D eigenvalue weighted by atomic mass is 35.5. The number of aryl methyl sites for hydroxylation is 2. The number of nitrogens with zero attached hydrogens (tertiary/aromatic N) is 2. The zero-order valence-electron chi connectivity index (χ0n) is 18.3. The Labute approximate surface area is 200 Å². The zero-order valence-corrected chi connectivity index (χ0v) is 19.8. The average molecular weight is 484 g/mol. The second-order valence-corrected chi connectivity index (χ2v) is 10.4. The van der Waals surface area contributed by atoms with E-state index in [1.165, 1.54) is 23.5 Å². The fraction of sp³-hybridized carbons (Fsp3) is 0.320. The number of amides is 2. The van der Waals surface area contributed by atoms with E-state index in [0.717, 1.165) is 33.5 Å². The van der Waals surface area contributed by atoms with Gasteiger partial charge in [-0.25, -0.2) is 9.37 Å². The van der Waals surface area contributed by atoms with Crippen LogP contribution in [0.1, 0.15) is 37.8 Å². The number of carbonyl (C=O) groups excluding carboxylic acids is 2. The summed E-state index contributed by atoms with van der Waals surface area (Å²) in [4.78, 5) is 33.6. The fourth-order valence-corrected chi connectivity index (χ4v) is 5.88. The molecule has 2 amide bonds. The predicted molar refractivity (Wildman–Crippen MR) is 127 cm³/mol. The van der Waals surface area contributed by atoms with E-state index < -0.39 is 5.82 Å². The number of hydrogen-bond acceptors (Lipinski definition) is 4. The molecule has 1 aliphatic carbocycles. The van der Waals surface area contributed by atoms with Gasteiger partial charge in [-0.1, -0.05) is 41.4 Å². The maximum absolute atomic E-state index is 13.6. The van der Waals surface area contributed by atoms with Gasteiger partial charge in [0.05, 0.1) is 26.5 Å². The molecule has 1 aliphatic heterocycles. The van der Waals surface area contributed by atoms with Crippen LogP contribution in [0, 0.1) is 31.5 Å². The lowest BCUT2D eigenvalue weighted by molar-refractivity contribution is 0.0690. The summed E-state index contributed by atoms with van der Waals surface area (Å²) in [7, 11) is 0. The van der Waals surface area contributed by atoms with Crippen molar-refractivity contribution in [2.75, 3.05) is 13.1 Å². The summed E-state index contributed by atoms with van der Waals surface area (Å²) in [5, 5.41) is 3.81. The first-order valence-corrected chi connectivity index (χ1v) is 12.1. The lowest BCUT2D eigenvalue weighted by Crippen LogP contribution is -2.45. The van der Waals surface area contributed by atoms with Crippen molar-refractivity contribution >= 4 is 34.8 Å². The summed E-state index contributed by atoms with van der Waals surface area (Å²) in [5.41, 5.74) is 2.81. The Morgan fingerprint density at radius 3 is 2.82 bits per heavy atom. The van der Waals surface area contributed by atoms with Crippen molar-refractivity contribution in [3.05, 3.63) is 75.1 Å². The van der Waals surface area contributed by atoms with Crippen LogP contribution in [0.2, 0.25) is 5.02 Å². The number of hydrogen-bond donors (Lipinski definition) is 1. The maximum atomic E-state index is 13.6. The van der Waals surface area contributed by atoms with Crippen LogP contribution in [0.5, 0.6) is 0 Å². The Kier molecular flexibility index (Phi) is 5.70. The Bertz CT molecular complexity index is 1260. The summed E-state index contributed by atoms with van der Waals surface area (Å²) in [5.74, 6) is -0.121. The summed E-state index contributed by atoms with van der Waals surface area (Å²) >= 11 is 7.55. The molecule has 1 saturated heterocycles. The second-order valence-electron chi connectivity index (χ2n) is 8.80. The molecular weight excluding hydrogens is 461 g/mol. The topological polar surface area (TPSA) is 62.3 Å². The van der Waals surface area contributed by atoms with Gasteiger partial charge < -0.3 is 10.2 Å². The van der Waals surface area contributed by atoms with Gasteiger partial charge in [0.2, 0.25) is 0 Å². The molecule has 2 aliphatic rings. The van der Waals surface area contributed by atoms with Crippen molar-refractivity contribution in [1.29, 1.82) is 0 Å². The van der Waals surface area contributed by atoms with E-state index in [1.807, 2.05) is 36.9 Å². The van der Waals surface area contributed by atoms with Crippen LogP contribution in [0.15, 0.2) is 42.5 Å². The third-order valence-electron chi connectivity index (χ3n) is 6.43. The van der Waals surface area contributed by atoms with Crippen LogP contribution in [0.3, 0.4) is 0 Å². The minimum atomic E-state index is -0.493. The molecule has 2 heterocycles. The molecule has 0 spiro atoms. The number of fused-ring (bicyclic) bond motifs is 1. The minimum absolute atomic E-state index is 0.0666. The number of piperidine rings is 1. The molecule has 5 rings (SSSR count). The number of halogens is 2. The van der Waals surface area contributed by atoms with Crippen molar-refractivity contribution in [3.8, 4) is 10.4 Å². The maximum Gasteiger partial charge on any atom is 0.274 e. The molecular formula is C25H23ClFN3O2S. The third-order valence-corrected chi connectivity index (χ3v) is 7.76. The molecule has 33 heavy (non-hydrogen) atoms. The Balaban J connectivity index is 1.35. The number of nitrogens with one attached hydrogen (secondary N) is 1. The van der Waals surface area contributed by atoms with Crippen LogP contribution in [0.4, 0.5) is 4.39 Å². The molecule has 170 valence electrons. The van der Waals surface area contributed by atoms with Gasteiger partial charge in [-0.05, 0) is 55.9 Å². The molecule has 2 aromatic carbocycles. The van der Waals surface area contributed by atoms with Gasteiger partial charge in [0.15, 0.2) is 0 Å². The lowest BCUT2D eigenvalue weighted by Gasteiger charge is -2.27. The monoisotopic (exact) mass is 483 g/mol. The van der Waals surface area contributed by atoms with Crippen LogP contribution < -0.4 is 5.32 Å². The van der Waals surface area contributed by atoms with Gasteiger partial charge in [-0.3, -0.25) is 9.59 Å². The van der Waals surface area contributed by atoms with Crippen molar-refractivity contribution in [2.45, 2.75) is 26.3 Å². The first-order chi connectivity index (χ1) is 15.8. The number of carbonyl (C=O) groups is 2. The van der Waals surface area contributed by atoms with Crippen LogP contribution in [-0.4, -0.2) is 40.8 Å². The molecule has 3 atom stereocenters. The van der Waals surface area contributed by atoms with Gasteiger partial charge in [0.25, 0.3) is 11.8 Å². The smallest absolute Gasteiger partial charge is 0.274 e.